The van der Waals surface area contributed by atoms with Crippen LogP contribution in [0.5, 0.6) is 0 Å². The van der Waals surface area contributed by atoms with E-state index in [1.165, 1.54) is 4.90 Å². The molecule has 2 rings (SSSR count). The summed E-state index contributed by atoms with van der Waals surface area (Å²) in [5.74, 6) is -2.23. The SMILES string of the molecule is CC(C)N(C(=O)C(=O)ON1Cc2ccc(Br)cc2C1=O)C(C)C. The lowest BCUT2D eigenvalue weighted by Crippen LogP contribution is -2.47. The van der Waals surface area contributed by atoms with Crippen molar-refractivity contribution in [1.29, 1.82) is 0 Å². The van der Waals surface area contributed by atoms with Crippen molar-refractivity contribution in [2.45, 2.75) is 46.3 Å². The van der Waals surface area contributed by atoms with Crippen LogP contribution in [0, 0.1) is 0 Å². The minimum atomic E-state index is -1.05. The standard InChI is InChI=1S/C16H19BrN2O4/c1-9(2)19(10(3)4)15(21)16(22)23-18-8-11-5-6-12(17)7-13(11)14(18)20/h5-7,9-10H,8H2,1-4H3. The first kappa shape index (κ1) is 17.5. The van der Waals surface area contributed by atoms with Gasteiger partial charge in [-0.3, -0.25) is 9.59 Å². The van der Waals surface area contributed by atoms with Crippen LogP contribution in [0.3, 0.4) is 0 Å². The van der Waals surface area contributed by atoms with E-state index in [4.69, 9.17) is 4.84 Å². The van der Waals surface area contributed by atoms with Crippen LogP contribution in [0.1, 0.15) is 43.6 Å². The van der Waals surface area contributed by atoms with Crippen LogP contribution in [0.25, 0.3) is 0 Å². The molecule has 0 saturated carbocycles. The van der Waals surface area contributed by atoms with Crippen molar-refractivity contribution < 1.29 is 19.2 Å². The van der Waals surface area contributed by atoms with E-state index in [9.17, 15) is 14.4 Å². The molecule has 6 nitrogen and oxygen atoms in total. The average Bonchev–Trinajstić information content (AvgIpc) is 2.74. The van der Waals surface area contributed by atoms with Crippen molar-refractivity contribution >= 4 is 33.7 Å². The van der Waals surface area contributed by atoms with Gasteiger partial charge in [-0.25, -0.2) is 4.79 Å². The lowest BCUT2D eigenvalue weighted by Gasteiger charge is -2.29. The van der Waals surface area contributed by atoms with Crippen LogP contribution >= 0.6 is 15.9 Å². The highest BCUT2D eigenvalue weighted by Crippen LogP contribution is 2.26. The largest absolute Gasteiger partial charge is 0.421 e. The first-order valence-electron chi connectivity index (χ1n) is 7.37. The van der Waals surface area contributed by atoms with E-state index in [1.807, 2.05) is 33.8 Å². The van der Waals surface area contributed by atoms with E-state index in [-0.39, 0.29) is 18.6 Å². The van der Waals surface area contributed by atoms with Crippen molar-refractivity contribution in [3.8, 4) is 0 Å². The smallest absolute Gasteiger partial charge is 0.328 e. The maximum Gasteiger partial charge on any atom is 0.421 e. The fraction of sp³-hybridized carbons (Fsp3) is 0.438. The summed E-state index contributed by atoms with van der Waals surface area (Å²) in [6.07, 6.45) is 0. The molecule has 1 heterocycles. The molecule has 0 atom stereocenters. The molecule has 124 valence electrons. The predicted molar refractivity (Wildman–Crippen MR) is 87.2 cm³/mol. The Bertz CT molecular complexity index is 649. The molecule has 1 aromatic carbocycles. The van der Waals surface area contributed by atoms with Gasteiger partial charge in [0.15, 0.2) is 0 Å². The number of carbonyl (C=O) groups is 3. The van der Waals surface area contributed by atoms with Crippen LogP contribution in [0.15, 0.2) is 22.7 Å². The minimum Gasteiger partial charge on any atom is -0.328 e. The third-order valence-electron chi connectivity index (χ3n) is 3.56. The number of halogens is 1. The Labute approximate surface area is 143 Å². The highest BCUT2D eigenvalue weighted by Gasteiger charge is 2.35. The van der Waals surface area contributed by atoms with Crippen molar-refractivity contribution in [3.05, 3.63) is 33.8 Å². The number of benzene rings is 1. The number of fused-ring (bicyclic) bond motifs is 1. The highest BCUT2D eigenvalue weighted by atomic mass is 79.9. The summed E-state index contributed by atoms with van der Waals surface area (Å²) in [4.78, 5) is 43.0. The van der Waals surface area contributed by atoms with E-state index in [0.29, 0.717) is 5.56 Å². The van der Waals surface area contributed by atoms with Crippen LogP contribution in [-0.4, -0.2) is 39.8 Å². The molecule has 0 aromatic heterocycles. The van der Waals surface area contributed by atoms with Gasteiger partial charge in [0.25, 0.3) is 5.91 Å². The molecule has 1 aromatic rings. The van der Waals surface area contributed by atoms with Gasteiger partial charge in [-0.2, -0.15) is 5.06 Å². The molecule has 0 aliphatic carbocycles. The summed E-state index contributed by atoms with van der Waals surface area (Å²) in [6.45, 7) is 7.42. The Morgan fingerprint density at radius 3 is 2.39 bits per heavy atom. The van der Waals surface area contributed by atoms with Gasteiger partial charge < -0.3 is 9.74 Å². The second-order valence-electron chi connectivity index (χ2n) is 5.92. The number of carbonyl (C=O) groups excluding carboxylic acids is 3. The summed E-state index contributed by atoms with van der Waals surface area (Å²) >= 11 is 3.30. The van der Waals surface area contributed by atoms with Gasteiger partial charge in [-0.1, -0.05) is 22.0 Å². The third-order valence-corrected chi connectivity index (χ3v) is 4.05. The topological polar surface area (TPSA) is 66.9 Å². The minimum absolute atomic E-state index is 0.141. The van der Waals surface area contributed by atoms with E-state index >= 15 is 0 Å². The van der Waals surface area contributed by atoms with Gasteiger partial charge in [0.1, 0.15) is 0 Å². The molecule has 0 N–H and O–H groups in total. The summed E-state index contributed by atoms with van der Waals surface area (Å²) < 4.78 is 0.764. The summed E-state index contributed by atoms with van der Waals surface area (Å²) in [5.41, 5.74) is 1.22. The fourth-order valence-corrected chi connectivity index (χ4v) is 2.99. The molecular formula is C16H19BrN2O4. The zero-order chi connectivity index (χ0) is 17.3. The molecule has 2 amide bonds. The highest BCUT2D eigenvalue weighted by molar-refractivity contribution is 9.10. The lowest BCUT2D eigenvalue weighted by atomic mass is 10.1. The van der Waals surface area contributed by atoms with E-state index in [0.717, 1.165) is 15.1 Å². The van der Waals surface area contributed by atoms with Gasteiger partial charge in [-0.15, -0.1) is 0 Å². The second kappa shape index (κ2) is 6.70. The zero-order valence-corrected chi connectivity index (χ0v) is 15.1. The Kier molecular flexibility index (Phi) is 5.09. The van der Waals surface area contributed by atoms with Crippen molar-refractivity contribution in [3.63, 3.8) is 0 Å². The van der Waals surface area contributed by atoms with Crippen LogP contribution in [-0.2, 0) is 21.0 Å². The predicted octanol–water partition coefficient (Wildman–Crippen LogP) is 2.51. The second-order valence-corrected chi connectivity index (χ2v) is 6.84. The number of amides is 2. The fourth-order valence-electron chi connectivity index (χ4n) is 2.63. The third kappa shape index (κ3) is 3.55. The Morgan fingerprint density at radius 1 is 1.22 bits per heavy atom. The van der Waals surface area contributed by atoms with Crippen LogP contribution < -0.4 is 0 Å². The van der Waals surface area contributed by atoms with Gasteiger partial charge in [-0.05, 0) is 45.4 Å². The first-order chi connectivity index (χ1) is 10.7. The van der Waals surface area contributed by atoms with E-state index in [1.54, 1.807) is 12.1 Å². The summed E-state index contributed by atoms with van der Waals surface area (Å²) in [5, 5.41) is 0.927. The summed E-state index contributed by atoms with van der Waals surface area (Å²) in [6, 6.07) is 4.97. The molecule has 0 bridgehead atoms. The number of hydrogen-bond acceptors (Lipinski definition) is 4. The normalized spacial score (nSPS) is 13.5. The molecule has 0 unspecified atom stereocenters. The number of hydrogen-bond donors (Lipinski definition) is 0. The molecule has 1 aliphatic heterocycles. The van der Waals surface area contributed by atoms with E-state index < -0.39 is 17.8 Å². The zero-order valence-electron chi connectivity index (χ0n) is 13.5. The van der Waals surface area contributed by atoms with E-state index in [2.05, 4.69) is 15.9 Å². The number of nitrogens with zero attached hydrogens (tertiary/aromatic N) is 2. The molecule has 0 saturated heterocycles. The monoisotopic (exact) mass is 382 g/mol. The van der Waals surface area contributed by atoms with Crippen molar-refractivity contribution in [2.24, 2.45) is 0 Å². The molecule has 0 fully saturated rings. The van der Waals surface area contributed by atoms with Crippen molar-refractivity contribution in [1.82, 2.24) is 9.96 Å². The Hall–Kier alpha value is -1.89. The average molecular weight is 383 g/mol. The van der Waals surface area contributed by atoms with Crippen LogP contribution in [0.4, 0.5) is 0 Å². The molecular weight excluding hydrogens is 364 g/mol. The number of hydroxylamine groups is 2. The summed E-state index contributed by atoms with van der Waals surface area (Å²) in [7, 11) is 0. The molecule has 23 heavy (non-hydrogen) atoms. The number of rotatable bonds is 3. The molecule has 7 heteroatoms. The van der Waals surface area contributed by atoms with Gasteiger partial charge in [0, 0.05) is 22.1 Å². The molecule has 0 radical (unpaired) electrons. The maximum atomic E-state index is 12.3. The quantitative estimate of drug-likeness (QED) is 0.753. The van der Waals surface area contributed by atoms with Gasteiger partial charge in [0.2, 0.25) is 0 Å². The van der Waals surface area contributed by atoms with Gasteiger partial charge in [0.05, 0.1) is 6.54 Å². The lowest BCUT2D eigenvalue weighted by molar-refractivity contribution is -0.187. The Balaban J connectivity index is 2.10. The Morgan fingerprint density at radius 2 is 1.83 bits per heavy atom. The van der Waals surface area contributed by atoms with Crippen LogP contribution in [0.2, 0.25) is 0 Å². The van der Waals surface area contributed by atoms with Crippen molar-refractivity contribution in [2.75, 3.05) is 0 Å². The maximum absolute atomic E-state index is 12.3. The first-order valence-corrected chi connectivity index (χ1v) is 8.16. The van der Waals surface area contributed by atoms with Gasteiger partial charge >= 0.3 is 11.9 Å². The molecule has 1 aliphatic rings. The molecule has 0 spiro atoms.